The Morgan fingerprint density at radius 1 is 1.17 bits per heavy atom. The van der Waals surface area contributed by atoms with Crippen LogP contribution in [0, 0.1) is 0 Å². The van der Waals surface area contributed by atoms with Crippen molar-refractivity contribution in [3.8, 4) is 5.75 Å². The number of methoxy groups -OCH3 is 1. The first-order chi connectivity index (χ1) is 11.1. The number of ether oxygens (including phenoxy) is 1. The molecule has 6 heteroatoms. The molecule has 1 fully saturated rings. The molecule has 0 amide bonds. The lowest BCUT2D eigenvalue weighted by Crippen LogP contribution is -3.00. The van der Waals surface area contributed by atoms with Gasteiger partial charge in [0.2, 0.25) is 10.0 Å². The van der Waals surface area contributed by atoms with Crippen molar-refractivity contribution in [1.82, 2.24) is 0 Å². The Labute approximate surface area is 173 Å². The summed E-state index contributed by atoms with van der Waals surface area (Å²) in [6.07, 6.45) is 7.15. The number of rotatable bonds is 4. The molecule has 134 valence electrons. The van der Waals surface area contributed by atoms with Gasteiger partial charge in [0.15, 0.2) is 12.1 Å². The lowest BCUT2D eigenvalue weighted by atomic mass is 9.94. The summed E-state index contributed by atoms with van der Waals surface area (Å²) in [5, 5.41) is 0.893. The Bertz CT molecular complexity index is 583. The lowest BCUT2D eigenvalue weighted by Gasteiger charge is -2.23. The van der Waals surface area contributed by atoms with Crippen LogP contribution in [0.3, 0.4) is 0 Å². The van der Waals surface area contributed by atoms with Crippen molar-refractivity contribution in [3.63, 3.8) is 0 Å². The van der Waals surface area contributed by atoms with Crippen LogP contribution in [0.15, 0.2) is 24.3 Å². The van der Waals surface area contributed by atoms with Crippen molar-refractivity contribution in [3.05, 3.63) is 29.8 Å². The quantitative estimate of drug-likeness (QED) is 0.457. The van der Waals surface area contributed by atoms with Crippen molar-refractivity contribution in [2.24, 2.45) is 0 Å². The predicted molar refractivity (Wildman–Crippen MR) is 101 cm³/mol. The summed E-state index contributed by atoms with van der Waals surface area (Å²) in [5.41, 5.74) is 2.17. The Balaban J connectivity index is 0.00000208. The van der Waals surface area contributed by atoms with Gasteiger partial charge >= 0.3 is 0 Å². The summed E-state index contributed by atoms with van der Waals surface area (Å²) >= 11 is 17.2. The summed E-state index contributed by atoms with van der Waals surface area (Å²) in [6, 6.07) is 8.99. The molecule has 1 atom stereocenters. The Morgan fingerprint density at radius 3 is 2.33 bits per heavy atom. The van der Waals surface area contributed by atoms with Gasteiger partial charge in [-0.3, -0.25) is 0 Å². The first-order valence-corrected chi connectivity index (χ1v) is 10.2. The zero-order chi connectivity index (χ0) is 16.4. The van der Waals surface area contributed by atoms with E-state index in [1.54, 1.807) is 7.11 Å². The van der Waals surface area contributed by atoms with E-state index >= 15 is 0 Å². The van der Waals surface area contributed by atoms with Gasteiger partial charge in [0.25, 0.3) is 0 Å². The fourth-order valence-corrected chi connectivity index (χ4v) is 5.25. The van der Waals surface area contributed by atoms with Gasteiger partial charge in [-0.25, -0.2) is 4.58 Å². The van der Waals surface area contributed by atoms with E-state index in [9.17, 15) is 0 Å². The Hall–Kier alpha value is 0.230. The number of nitrogens with zero attached hydrogens (tertiary/aromatic N) is 1. The van der Waals surface area contributed by atoms with E-state index in [-0.39, 0.29) is 17.0 Å². The number of hydrogen-bond donors (Lipinski definition) is 0. The minimum atomic E-state index is -0.829. The van der Waals surface area contributed by atoms with Crippen LogP contribution < -0.4 is 21.7 Å². The maximum absolute atomic E-state index is 6.76. The first-order valence-electron chi connectivity index (χ1n) is 8.31. The molecule has 1 aromatic carbocycles. The molecule has 0 saturated heterocycles. The largest absolute Gasteiger partial charge is 1.00 e. The molecule has 1 heterocycles. The average Bonchev–Trinajstić information content (AvgIpc) is 2.86. The van der Waals surface area contributed by atoms with Gasteiger partial charge in [0.05, 0.1) is 18.9 Å². The maximum atomic E-state index is 6.76. The fourth-order valence-electron chi connectivity index (χ4n) is 3.94. The summed E-state index contributed by atoms with van der Waals surface area (Å²) in [4.78, 5) is 0. The molecule has 0 bridgehead atoms. The second-order valence-corrected chi connectivity index (χ2v) is 8.62. The summed E-state index contributed by atoms with van der Waals surface area (Å²) in [5.74, 6) is 0.850. The molecule has 24 heavy (non-hydrogen) atoms. The summed E-state index contributed by atoms with van der Waals surface area (Å²) < 4.78 is 6.95. The zero-order valence-electron chi connectivity index (χ0n) is 13.8. The Kier molecular flexibility index (Phi) is 7.49. The van der Waals surface area contributed by atoms with Crippen molar-refractivity contribution in [1.29, 1.82) is 0 Å². The third-order valence-corrected chi connectivity index (χ3v) is 6.41. The van der Waals surface area contributed by atoms with Gasteiger partial charge in [-0.2, -0.15) is 0 Å². The molecule has 2 aliphatic rings. The van der Waals surface area contributed by atoms with Crippen molar-refractivity contribution in [2.45, 2.75) is 54.9 Å². The molecular weight excluding hydrogens is 477 g/mol. The summed E-state index contributed by atoms with van der Waals surface area (Å²) in [7, 11) is 1.68. The van der Waals surface area contributed by atoms with Gasteiger partial charge in [-0.1, -0.05) is 45.6 Å². The monoisotopic (exact) mass is 497 g/mol. The molecule has 1 aliphatic heterocycles. The number of halogens is 4. The van der Waals surface area contributed by atoms with Crippen LogP contribution >= 0.6 is 39.1 Å². The molecule has 1 unspecified atom stereocenters. The van der Waals surface area contributed by atoms with Crippen molar-refractivity contribution >= 4 is 44.8 Å². The predicted octanol–water partition coefficient (Wildman–Crippen LogP) is 2.17. The van der Waals surface area contributed by atoms with Crippen LogP contribution in [-0.2, 0) is 0 Å². The van der Waals surface area contributed by atoms with Crippen LogP contribution in [0.4, 0.5) is 0 Å². The standard InChI is InChI=1S/C18H23BrCl2NO.BrH/c1-23-16-9-7-13(8-10-16)17-18(20,21)11-15(12-19)22(17)14-5-3-2-4-6-14;/h7-10,14-15H,2-6,11-12H2,1H3;1H/q+1;/p-1. The summed E-state index contributed by atoms with van der Waals surface area (Å²) in [6.45, 7) is 0. The molecule has 3 rings (SSSR count). The van der Waals surface area contributed by atoms with Crippen LogP contribution in [0.2, 0.25) is 0 Å². The highest BCUT2D eigenvalue weighted by atomic mass is 79.9. The normalized spacial score (nSPS) is 23.9. The molecule has 0 radical (unpaired) electrons. The molecule has 0 N–H and O–H groups in total. The number of benzene rings is 1. The second-order valence-electron chi connectivity index (χ2n) is 6.49. The van der Waals surface area contributed by atoms with E-state index < -0.39 is 4.33 Å². The maximum Gasteiger partial charge on any atom is 0.220 e. The molecule has 1 aromatic rings. The molecule has 1 aliphatic carbocycles. The number of hydrogen-bond acceptors (Lipinski definition) is 1. The molecule has 0 aromatic heterocycles. The highest BCUT2D eigenvalue weighted by Crippen LogP contribution is 2.41. The fraction of sp³-hybridized carbons (Fsp3) is 0.611. The van der Waals surface area contributed by atoms with Gasteiger partial charge in [-0.05, 0) is 37.1 Å². The van der Waals surface area contributed by atoms with Crippen LogP contribution in [-0.4, -0.2) is 39.1 Å². The van der Waals surface area contributed by atoms with Crippen LogP contribution in [0.5, 0.6) is 5.75 Å². The lowest BCUT2D eigenvalue weighted by molar-refractivity contribution is -0.592. The topological polar surface area (TPSA) is 12.2 Å². The third kappa shape index (κ3) is 4.13. The minimum Gasteiger partial charge on any atom is -1.00 e. The SMILES string of the molecule is COc1ccc(C2=[N+](C3CCCCC3)C(CBr)CC2(Cl)Cl)cc1.[Br-]. The van der Waals surface area contributed by atoms with E-state index in [0.29, 0.717) is 12.1 Å². The van der Waals surface area contributed by atoms with E-state index in [4.69, 9.17) is 27.9 Å². The van der Waals surface area contributed by atoms with E-state index in [2.05, 4.69) is 32.6 Å². The average molecular weight is 500 g/mol. The second kappa shape index (κ2) is 8.75. The van der Waals surface area contributed by atoms with Crippen LogP contribution in [0.1, 0.15) is 44.1 Å². The minimum absolute atomic E-state index is 0. The molecular formula is C18H23Br2Cl2NO. The Morgan fingerprint density at radius 2 is 1.79 bits per heavy atom. The van der Waals surface area contributed by atoms with E-state index in [1.807, 2.05) is 12.1 Å². The molecule has 0 spiro atoms. The van der Waals surface area contributed by atoms with Gasteiger partial charge < -0.3 is 21.7 Å². The molecule has 1 saturated carbocycles. The highest BCUT2D eigenvalue weighted by molar-refractivity contribution is 9.09. The van der Waals surface area contributed by atoms with Gasteiger partial charge in [-0.15, -0.1) is 0 Å². The van der Waals surface area contributed by atoms with Gasteiger partial charge in [0.1, 0.15) is 5.75 Å². The first kappa shape index (κ1) is 20.5. The van der Waals surface area contributed by atoms with E-state index in [1.165, 1.54) is 32.1 Å². The molecule has 2 nitrogen and oxygen atoms in total. The van der Waals surface area contributed by atoms with Gasteiger partial charge in [0, 0.05) is 18.4 Å². The van der Waals surface area contributed by atoms with E-state index in [0.717, 1.165) is 28.8 Å². The van der Waals surface area contributed by atoms with Crippen LogP contribution in [0.25, 0.3) is 0 Å². The van der Waals surface area contributed by atoms with Crippen molar-refractivity contribution < 1.29 is 26.3 Å². The third-order valence-electron chi connectivity index (χ3n) is 5.00. The zero-order valence-corrected chi connectivity index (χ0v) is 18.5. The highest BCUT2D eigenvalue weighted by Gasteiger charge is 2.53. The van der Waals surface area contributed by atoms with Crippen molar-refractivity contribution in [2.75, 3.05) is 12.4 Å². The smallest absolute Gasteiger partial charge is 0.220 e. The number of alkyl halides is 3.